The van der Waals surface area contributed by atoms with E-state index in [0.29, 0.717) is 12.6 Å². The van der Waals surface area contributed by atoms with Gasteiger partial charge in [-0.15, -0.1) is 0 Å². The molecule has 0 unspecified atom stereocenters. The zero-order valence-corrected chi connectivity index (χ0v) is 16.6. The molecule has 1 aromatic heterocycles. The lowest BCUT2D eigenvalue weighted by molar-refractivity contribution is 0.414. The van der Waals surface area contributed by atoms with Gasteiger partial charge >= 0.3 is 0 Å². The van der Waals surface area contributed by atoms with Crippen LogP contribution >= 0.6 is 0 Å². The van der Waals surface area contributed by atoms with E-state index in [1.807, 2.05) is 19.1 Å². The van der Waals surface area contributed by atoms with Crippen molar-refractivity contribution < 1.29 is 9.15 Å². The van der Waals surface area contributed by atoms with E-state index in [4.69, 9.17) is 9.15 Å². The lowest BCUT2D eigenvalue weighted by atomic mass is 10.1. The van der Waals surface area contributed by atoms with E-state index < -0.39 is 0 Å². The van der Waals surface area contributed by atoms with Gasteiger partial charge in [0.15, 0.2) is 0 Å². The average Bonchev–Trinajstić information content (AvgIpc) is 3.40. The second-order valence-corrected chi connectivity index (χ2v) is 7.34. The van der Waals surface area contributed by atoms with Crippen molar-refractivity contribution >= 4 is 11.7 Å². The van der Waals surface area contributed by atoms with Crippen LogP contribution in [0.2, 0.25) is 0 Å². The Kier molecular flexibility index (Phi) is 5.51. The minimum Gasteiger partial charge on any atom is -0.497 e. The average molecular weight is 377 g/mol. The molecule has 1 saturated heterocycles. The number of methoxy groups -OCH3 is 1. The smallest absolute Gasteiger partial charge is 0.298 e. The van der Waals surface area contributed by atoms with Gasteiger partial charge in [-0.1, -0.05) is 24.3 Å². The molecule has 1 fully saturated rings. The van der Waals surface area contributed by atoms with Crippen molar-refractivity contribution in [2.24, 2.45) is 0 Å². The fourth-order valence-corrected chi connectivity index (χ4v) is 3.68. The highest BCUT2D eigenvalue weighted by Gasteiger charge is 2.16. The molecule has 2 aromatic carbocycles. The number of hydrogen-bond acceptors (Lipinski definition) is 5. The molecule has 0 spiro atoms. The molecule has 146 valence electrons. The Morgan fingerprint density at radius 1 is 1.04 bits per heavy atom. The second-order valence-electron chi connectivity index (χ2n) is 7.34. The second kappa shape index (κ2) is 8.38. The molecule has 0 amide bonds. The third-order valence-electron chi connectivity index (χ3n) is 5.17. The lowest BCUT2D eigenvalue weighted by Gasteiger charge is -2.22. The number of benzene rings is 2. The Bertz CT molecular complexity index is 898. The summed E-state index contributed by atoms with van der Waals surface area (Å²) in [5, 5.41) is 0. The van der Waals surface area contributed by atoms with Crippen molar-refractivity contribution in [2.45, 2.75) is 32.9 Å². The minimum absolute atomic E-state index is 0.643. The number of nitrogens with zero attached hydrogens (tertiary/aromatic N) is 3. The maximum atomic E-state index is 5.71. The third-order valence-corrected chi connectivity index (χ3v) is 5.17. The number of aryl methyl sites for hydroxylation is 1. The van der Waals surface area contributed by atoms with E-state index in [2.05, 4.69) is 51.2 Å². The first-order valence-corrected chi connectivity index (χ1v) is 9.85. The lowest BCUT2D eigenvalue weighted by Crippen LogP contribution is -2.23. The predicted octanol–water partition coefficient (Wildman–Crippen LogP) is 4.80. The van der Waals surface area contributed by atoms with E-state index in [9.17, 15) is 0 Å². The zero-order chi connectivity index (χ0) is 19.3. The molecule has 0 bridgehead atoms. The quantitative estimate of drug-likeness (QED) is 0.592. The van der Waals surface area contributed by atoms with Crippen LogP contribution in [0.1, 0.15) is 29.7 Å². The number of rotatable bonds is 7. The Morgan fingerprint density at radius 3 is 2.46 bits per heavy atom. The summed E-state index contributed by atoms with van der Waals surface area (Å²) in [6.07, 6.45) is 4.28. The Balaban J connectivity index is 1.53. The van der Waals surface area contributed by atoms with Gasteiger partial charge in [-0.25, -0.2) is 0 Å². The van der Waals surface area contributed by atoms with E-state index in [0.717, 1.165) is 36.6 Å². The Hall–Kier alpha value is -2.95. The molecule has 0 aliphatic carbocycles. The van der Waals surface area contributed by atoms with Crippen LogP contribution in [0.4, 0.5) is 11.7 Å². The Morgan fingerprint density at radius 2 is 1.79 bits per heavy atom. The highest BCUT2D eigenvalue weighted by Crippen LogP contribution is 2.24. The number of ether oxygens (including phenoxy) is 1. The van der Waals surface area contributed by atoms with Gasteiger partial charge in [0.05, 0.1) is 12.8 Å². The first-order valence-electron chi connectivity index (χ1n) is 9.85. The number of hydrogen-bond donors (Lipinski definition) is 0. The molecule has 0 radical (unpaired) electrons. The molecule has 5 heteroatoms. The van der Waals surface area contributed by atoms with Crippen molar-refractivity contribution in [2.75, 3.05) is 30.0 Å². The van der Waals surface area contributed by atoms with Gasteiger partial charge in [-0.05, 0) is 55.2 Å². The predicted molar refractivity (Wildman–Crippen MR) is 112 cm³/mol. The topological polar surface area (TPSA) is 41.7 Å². The number of aromatic nitrogens is 1. The van der Waals surface area contributed by atoms with Crippen LogP contribution in [-0.2, 0) is 13.1 Å². The molecule has 0 atom stereocenters. The molecule has 2 heterocycles. The van der Waals surface area contributed by atoms with Gasteiger partial charge in [-0.3, -0.25) is 0 Å². The van der Waals surface area contributed by atoms with Gasteiger partial charge in [-0.2, -0.15) is 4.98 Å². The van der Waals surface area contributed by atoms with Crippen LogP contribution in [0.3, 0.4) is 0 Å². The summed E-state index contributed by atoms with van der Waals surface area (Å²) in [4.78, 5) is 9.16. The van der Waals surface area contributed by atoms with Crippen LogP contribution in [0, 0.1) is 6.92 Å². The minimum atomic E-state index is 0.643. The summed E-state index contributed by atoms with van der Waals surface area (Å²) in [5.74, 6) is 0.857. The van der Waals surface area contributed by atoms with Crippen LogP contribution in [0.25, 0.3) is 0 Å². The van der Waals surface area contributed by atoms with Crippen LogP contribution in [0.15, 0.2) is 59.2 Å². The maximum absolute atomic E-state index is 5.71. The summed E-state index contributed by atoms with van der Waals surface area (Å²) in [6, 6.07) is 17.6. The summed E-state index contributed by atoms with van der Waals surface area (Å²) in [6.45, 7) is 5.71. The summed E-state index contributed by atoms with van der Waals surface area (Å²) in [7, 11) is 1.69. The van der Waals surface area contributed by atoms with Gasteiger partial charge in [0.25, 0.3) is 6.01 Å². The Labute approximate surface area is 166 Å². The molecule has 5 nitrogen and oxygen atoms in total. The first-order chi connectivity index (χ1) is 13.7. The molecular weight excluding hydrogens is 350 g/mol. The number of anilines is 2. The van der Waals surface area contributed by atoms with Crippen LogP contribution in [-0.4, -0.2) is 25.2 Å². The van der Waals surface area contributed by atoms with Crippen molar-refractivity contribution in [3.05, 3.63) is 71.6 Å². The molecular formula is C23H27N3O2. The summed E-state index contributed by atoms with van der Waals surface area (Å²) < 4.78 is 11.1. The van der Waals surface area contributed by atoms with E-state index in [1.165, 1.54) is 24.1 Å². The zero-order valence-electron chi connectivity index (χ0n) is 16.6. The normalized spacial score (nSPS) is 13.7. The highest BCUT2D eigenvalue weighted by atomic mass is 16.5. The van der Waals surface area contributed by atoms with Crippen molar-refractivity contribution in [1.82, 2.24) is 4.98 Å². The van der Waals surface area contributed by atoms with Gasteiger partial charge in [0.1, 0.15) is 12.0 Å². The molecule has 1 aliphatic rings. The number of oxazole rings is 1. The maximum Gasteiger partial charge on any atom is 0.298 e. The summed E-state index contributed by atoms with van der Waals surface area (Å²) in [5.41, 5.74) is 4.59. The molecule has 4 rings (SSSR count). The van der Waals surface area contributed by atoms with Crippen molar-refractivity contribution in [3.63, 3.8) is 0 Å². The fraction of sp³-hybridized carbons (Fsp3) is 0.348. The summed E-state index contributed by atoms with van der Waals surface area (Å²) >= 11 is 0. The van der Waals surface area contributed by atoms with Crippen molar-refractivity contribution in [1.29, 1.82) is 0 Å². The first kappa shape index (κ1) is 18.4. The van der Waals surface area contributed by atoms with Gasteiger partial charge < -0.3 is 19.0 Å². The van der Waals surface area contributed by atoms with Crippen LogP contribution < -0.4 is 14.5 Å². The van der Waals surface area contributed by atoms with Gasteiger partial charge in [0, 0.05) is 31.9 Å². The third kappa shape index (κ3) is 4.30. The van der Waals surface area contributed by atoms with Gasteiger partial charge in [0.2, 0.25) is 0 Å². The SMILES string of the molecule is COc1cccc(CN(Cc2ccc(N3CCCC3)cc2)c2nc(C)co2)c1. The van der Waals surface area contributed by atoms with E-state index in [1.54, 1.807) is 13.4 Å². The highest BCUT2D eigenvalue weighted by molar-refractivity contribution is 5.49. The molecule has 0 N–H and O–H groups in total. The van der Waals surface area contributed by atoms with Crippen LogP contribution in [0.5, 0.6) is 5.75 Å². The monoisotopic (exact) mass is 377 g/mol. The molecule has 28 heavy (non-hydrogen) atoms. The van der Waals surface area contributed by atoms with Crippen molar-refractivity contribution in [3.8, 4) is 5.75 Å². The fourth-order valence-electron chi connectivity index (χ4n) is 3.68. The van der Waals surface area contributed by atoms with E-state index in [-0.39, 0.29) is 0 Å². The largest absolute Gasteiger partial charge is 0.497 e. The molecule has 1 aliphatic heterocycles. The molecule has 0 saturated carbocycles. The molecule has 3 aromatic rings. The van der Waals surface area contributed by atoms with E-state index >= 15 is 0 Å². The standard InChI is InChI=1S/C23H27N3O2/c1-18-17-28-23(24-18)26(16-20-6-5-7-22(14-20)27-2)15-19-8-10-21(11-9-19)25-12-3-4-13-25/h5-11,14,17H,3-4,12-13,15-16H2,1-2H3.